The van der Waals surface area contributed by atoms with Crippen LogP contribution in [0.4, 0.5) is 0 Å². The lowest BCUT2D eigenvalue weighted by Gasteiger charge is -2.14. The predicted molar refractivity (Wildman–Crippen MR) is 328 cm³/mol. The second kappa shape index (κ2) is 58.6. The van der Waals surface area contributed by atoms with E-state index in [1.165, 1.54) is 315 Å². The first-order valence-corrected chi connectivity index (χ1v) is 34.0. The van der Waals surface area contributed by atoms with Gasteiger partial charge in [0.2, 0.25) is 0 Å². The molecular weight excluding hydrogens is 905 g/mol. The van der Waals surface area contributed by atoms with Crippen molar-refractivity contribution in [3.8, 4) is 5.75 Å². The Hall–Kier alpha value is -2.04. The summed E-state index contributed by atoms with van der Waals surface area (Å²) in [4.78, 5) is 26.6. The third kappa shape index (κ3) is 48.3. The topological polar surface area (TPSA) is 67.4 Å². The molecule has 0 fully saturated rings. The lowest BCUT2D eigenvalue weighted by Crippen LogP contribution is -2.26. The van der Waals surface area contributed by atoms with Crippen LogP contribution in [-0.2, 0) is 0 Å². The number of carbonyl (C=O) groups is 2. The maximum absolute atomic E-state index is 13.4. The Morgan fingerprint density at radius 1 is 0.297 bits per heavy atom. The number of nitrogens with one attached hydrogen (secondary N) is 2. The predicted octanol–water partition coefficient (Wildman–Crippen LogP) is 23.0. The van der Waals surface area contributed by atoms with Gasteiger partial charge in [0, 0.05) is 18.7 Å². The molecule has 1 rings (SSSR count). The Bertz CT molecular complexity index is 1300. The van der Waals surface area contributed by atoms with Crippen molar-refractivity contribution in [3.63, 3.8) is 0 Å². The molecule has 0 aromatic heterocycles. The van der Waals surface area contributed by atoms with E-state index in [0.717, 1.165) is 38.5 Å². The van der Waals surface area contributed by atoms with Gasteiger partial charge in [0.05, 0.1) is 12.2 Å². The molecule has 0 saturated heterocycles. The zero-order chi connectivity index (χ0) is 53.1. The van der Waals surface area contributed by atoms with E-state index in [2.05, 4.69) is 31.4 Å². The summed E-state index contributed by atoms with van der Waals surface area (Å²) in [6, 6.07) is 5.37. The molecule has 0 aliphatic carbocycles. The highest BCUT2D eigenvalue weighted by molar-refractivity contribution is 6.00. The highest BCUT2D eigenvalue weighted by Gasteiger charge is 2.16. The molecule has 0 unspecified atom stereocenters. The lowest BCUT2D eigenvalue weighted by atomic mass is 10.0. The van der Waals surface area contributed by atoms with Gasteiger partial charge in [-0.05, 0) is 37.5 Å². The molecule has 0 aliphatic rings. The summed E-state index contributed by atoms with van der Waals surface area (Å²) in [6.07, 6.45) is 75.2. The maximum atomic E-state index is 13.4. The number of rotatable bonds is 61. The van der Waals surface area contributed by atoms with E-state index >= 15 is 0 Å². The standard InChI is InChI=1S/C69H130N2O3/c1-4-7-10-13-15-17-19-21-23-25-27-29-31-33-35-37-39-41-43-45-47-49-51-53-56-61-70-68(72)65-59-60-66(67(64-65)74-63-58-55-12-9-6-3)69(73)71-62-57-54-52-50-48-46-44-42-40-38-36-34-32-30-28-26-24-22-20-18-16-14-11-8-5-2/h59-60,64H,4-58,61-63H2,1-3H3,(H,70,72)(H,71,73). The minimum absolute atomic E-state index is 0.0792. The zero-order valence-electron chi connectivity index (χ0n) is 50.5. The molecule has 0 spiro atoms. The van der Waals surface area contributed by atoms with Gasteiger partial charge in [0.25, 0.3) is 11.8 Å². The molecule has 434 valence electrons. The summed E-state index contributed by atoms with van der Waals surface area (Å²) in [6.45, 7) is 8.76. The monoisotopic (exact) mass is 1040 g/mol. The number of benzene rings is 1. The van der Waals surface area contributed by atoms with E-state index in [0.29, 0.717) is 36.6 Å². The molecule has 0 aliphatic heterocycles. The molecule has 0 bridgehead atoms. The minimum Gasteiger partial charge on any atom is -0.493 e. The van der Waals surface area contributed by atoms with Crippen LogP contribution in [0, 0.1) is 0 Å². The van der Waals surface area contributed by atoms with Crippen LogP contribution < -0.4 is 15.4 Å². The van der Waals surface area contributed by atoms with Gasteiger partial charge in [0.1, 0.15) is 5.75 Å². The van der Waals surface area contributed by atoms with Crippen LogP contribution in [0.15, 0.2) is 18.2 Å². The molecule has 1 aromatic rings. The van der Waals surface area contributed by atoms with Crippen LogP contribution in [0.5, 0.6) is 5.75 Å². The van der Waals surface area contributed by atoms with E-state index in [1.54, 1.807) is 18.2 Å². The summed E-state index contributed by atoms with van der Waals surface area (Å²) >= 11 is 0. The van der Waals surface area contributed by atoms with Crippen molar-refractivity contribution in [3.05, 3.63) is 29.3 Å². The van der Waals surface area contributed by atoms with Crippen LogP contribution in [0.1, 0.15) is 395 Å². The number of hydrogen-bond donors (Lipinski definition) is 2. The lowest BCUT2D eigenvalue weighted by molar-refractivity contribution is 0.0937. The Balaban J connectivity index is 2.09. The normalized spacial score (nSPS) is 11.4. The maximum Gasteiger partial charge on any atom is 0.255 e. The van der Waals surface area contributed by atoms with Gasteiger partial charge in [0.15, 0.2) is 0 Å². The minimum atomic E-state index is -0.0994. The molecule has 0 saturated carbocycles. The van der Waals surface area contributed by atoms with Crippen molar-refractivity contribution >= 4 is 11.8 Å². The average molecular weight is 1040 g/mol. The number of unbranched alkanes of at least 4 members (excludes halogenated alkanes) is 52. The molecule has 0 atom stereocenters. The molecule has 2 amide bonds. The third-order valence-corrected chi connectivity index (χ3v) is 16.1. The Morgan fingerprint density at radius 2 is 0.527 bits per heavy atom. The Kier molecular flexibility index (Phi) is 55.4. The summed E-state index contributed by atoms with van der Waals surface area (Å²) < 4.78 is 6.21. The van der Waals surface area contributed by atoms with Crippen LogP contribution in [-0.4, -0.2) is 31.5 Å². The number of ether oxygens (including phenoxy) is 1. The van der Waals surface area contributed by atoms with Gasteiger partial charge in [-0.2, -0.15) is 0 Å². The number of hydrogen-bond acceptors (Lipinski definition) is 3. The molecule has 0 radical (unpaired) electrons. The molecule has 1 aromatic carbocycles. The van der Waals surface area contributed by atoms with E-state index < -0.39 is 0 Å². The summed E-state index contributed by atoms with van der Waals surface area (Å²) in [5.41, 5.74) is 1.11. The highest BCUT2D eigenvalue weighted by Crippen LogP contribution is 2.23. The van der Waals surface area contributed by atoms with Crippen molar-refractivity contribution in [2.75, 3.05) is 19.7 Å². The first-order chi connectivity index (χ1) is 36.6. The van der Waals surface area contributed by atoms with Crippen LogP contribution in [0.3, 0.4) is 0 Å². The average Bonchev–Trinajstić information content (AvgIpc) is 3.41. The Morgan fingerprint density at radius 3 is 0.797 bits per heavy atom. The van der Waals surface area contributed by atoms with Gasteiger partial charge >= 0.3 is 0 Å². The number of carbonyl (C=O) groups excluding carboxylic acids is 2. The van der Waals surface area contributed by atoms with Gasteiger partial charge in [-0.25, -0.2) is 0 Å². The molecular formula is C69H130N2O3. The first kappa shape index (κ1) is 70.0. The first-order valence-electron chi connectivity index (χ1n) is 34.0. The van der Waals surface area contributed by atoms with Gasteiger partial charge in [-0.1, -0.05) is 355 Å². The molecule has 2 N–H and O–H groups in total. The van der Waals surface area contributed by atoms with E-state index in [-0.39, 0.29) is 11.8 Å². The van der Waals surface area contributed by atoms with Crippen molar-refractivity contribution < 1.29 is 14.3 Å². The van der Waals surface area contributed by atoms with Crippen molar-refractivity contribution in [1.29, 1.82) is 0 Å². The van der Waals surface area contributed by atoms with E-state index in [4.69, 9.17) is 4.74 Å². The smallest absolute Gasteiger partial charge is 0.255 e. The summed E-state index contributed by atoms with van der Waals surface area (Å²) in [7, 11) is 0. The van der Waals surface area contributed by atoms with Crippen LogP contribution in [0.2, 0.25) is 0 Å². The third-order valence-electron chi connectivity index (χ3n) is 16.1. The molecule has 5 nitrogen and oxygen atoms in total. The number of amides is 2. The zero-order valence-corrected chi connectivity index (χ0v) is 50.5. The van der Waals surface area contributed by atoms with Gasteiger partial charge in [-0.3, -0.25) is 9.59 Å². The second-order valence-corrected chi connectivity index (χ2v) is 23.5. The highest BCUT2D eigenvalue weighted by atomic mass is 16.5. The fourth-order valence-corrected chi connectivity index (χ4v) is 11.0. The van der Waals surface area contributed by atoms with Crippen molar-refractivity contribution in [2.45, 2.75) is 374 Å². The molecule has 0 heterocycles. The van der Waals surface area contributed by atoms with E-state index in [9.17, 15) is 9.59 Å². The van der Waals surface area contributed by atoms with Crippen molar-refractivity contribution in [2.24, 2.45) is 0 Å². The van der Waals surface area contributed by atoms with Crippen LogP contribution in [0.25, 0.3) is 0 Å². The molecule has 5 heteroatoms. The fraction of sp³-hybridized carbons (Fsp3) is 0.884. The quantitative estimate of drug-likeness (QED) is 0.0639. The van der Waals surface area contributed by atoms with E-state index in [1.807, 2.05) is 0 Å². The largest absolute Gasteiger partial charge is 0.493 e. The summed E-state index contributed by atoms with van der Waals surface area (Å²) in [5.74, 6) is 0.354. The van der Waals surface area contributed by atoms with Crippen molar-refractivity contribution in [1.82, 2.24) is 10.6 Å². The van der Waals surface area contributed by atoms with Crippen LogP contribution >= 0.6 is 0 Å². The summed E-state index contributed by atoms with van der Waals surface area (Å²) in [5, 5.41) is 6.28. The second-order valence-electron chi connectivity index (χ2n) is 23.5. The van der Waals surface area contributed by atoms with Gasteiger partial charge in [-0.15, -0.1) is 0 Å². The molecule has 74 heavy (non-hydrogen) atoms. The SMILES string of the molecule is CCCCCCCCCCCCCCCCCCCCCCCCCCCNC(=O)c1ccc(C(=O)NCCCCCCCCCCCCCCCCCCCCCCCCCCC)c(OCCCCCCC)c1. The Labute approximate surface area is 463 Å². The fourth-order valence-electron chi connectivity index (χ4n) is 11.0. The van der Waals surface area contributed by atoms with Gasteiger partial charge < -0.3 is 15.4 Å².